The third-order valence-electron chi connectivity index (χ3n) is 2.97. The SMILES string of the molecule is NC(=O)[C@H](Cc1ccccc1F)NC(=O)c1ccncc1. The maximum atomic E-state index is 13.6. The van der Waals surface area contributed by atoms with E-state index in [0.29, 0.717) is 11.1 Å². The van der Waals surface area contributed by atoms with Crippen LogP contribution in [-0.4, -0.2) is 22.8 Å². The number of rotatable bonds is 5. The number of primary amides is 1. The number of nitrogens with one attached hydrogen (secondary N) is 1. The van der Waals surface area contributed by atoms with E-state index in [1.165, 1.54) is 30.6 Å². The van der Waals surface area contributed by atoms with Crippen LogP contribution in [0.3, 0.4) is 0 Å². The Labute approximate surface area is 121 Å². The fourth-order valence-electron chi connectivity index (χ4n) is 1.85. The highest BCUT2D eigenvalue weighted by molar-refractivity contribution is 5.97. The molecule has 5 nitrogen and oxygen atoms in total. The molecule has 3 N–H and O–H groups in total. The minimum atomic E-state index is -0.984. The highest BCUT2D eigenvalue weighted by Crippen LogP contribution is 2.09. The second kappa shape index (κ2) is 6.60. The van der Waals surface area contributed by atoms with Crippen molar-refractivity contribution in [1.29, 1.82) is 0 Å². The van der Waals surface area contributed by atoms with Gasteiger partial charge in [0, 0.05) is 24.4 Å². The summed E-state index contributed by atoms with van der Waals surface area (Å²) in [6.45, 7) is 0. The Balaban J connectivity index is 2.12. The summed E-state index contributed by atoms with van der Waals surface area (Å²) in [5.74, 6) is -1.62. The molecule has 0 aliphatic rings. The van der Waals surface area contributed by atoms with Crippen molar-refractivity contribution in [2.45, 2.75) is 12.5 Å². The Kier molecular flexibility index (Phi) is 4.61. The number of nitrogens with two attached hydrogens (primary N) is 1. The topological polar surface area (TPSA) is 85.1 Å². The molecule has 1 atom stereocenters. The zero-order chi connectivity index (χ0) is 15.2. The van der Waals surface area contributed by atoms with Crippen molar-refractivity contribution < 1.29 is 14.0 Å². The first-order valence-corrected chi connectivity index (χ1v) is 6.31. The maximum Gasteiger partial charge on any atom is 0.252 e. The van der Waals surface area contributed by atoms with Crippen molar-refractivity contribution in [3.8, 4) is 0 Å². The predicted octanol–water partition coefficient (Wildman–Crippen LogP) is 1.05. The third kappa shape index (κ3) is 3.85. The average Bonchev–Trinajstić information content (AvgIpc) is 2.49. The Morgan fingerprint density at radius 2 is 1.86 bits per heavy atom. The van der Waals surface area contributed by atoms with Crippen LogP contribution in [0.25, 0.3) is 0 Å². The molecule has 21 heavy (non-hydrogen) atoms. The monoisotopic (exact) mass is 287 g/mol. The van der Waals surface area contributed by atoms with E-state index in [2.05, 4.69) is 10.3 Å². The van der Waals surface area contributed by atoms with Crippen molar-refractivity contribution >= 4 is 11.8 Å². The third-order valence-corrected chi connectivity index (χ3v) is 2.97. The minimum Gasteiger partial charge on any atom is -0.368 e. The summed E-state index contributed by atoms with van der Waals surface area (Å²) < 4.78 is 13.6. The van der Waals surface area contributed by atoms with Crippen LogP contribution >= 0.6 is 0 Å². The number of benzene rings is 1. The number of amides is 2. The molecule has 0 bridgehead atoms. The Morgan fingerprint density at radius 3 is 2.48 bits per heavy atom. The van der Waals surface area contributed by atoms with E-state index in [1.807, 2.05) is 0 Å². The largest absolute Gasteiger partial charge is 0.368 e. The fraction of sp³-hybridized carbons (Fsp3) is 0.133. The normalized spacial score (nSPS) is 11.7. The molecular weight excluding hydrogens is 273 g/mol. The molecule has 1 heterocycles. The first-order chi connectivity index (χ1) is 10.1. The molecule has 108 valence electrons. The molecule has 0 aliphatic heterocycles. The van der Waals surface area contributed by atoms with Gasteiger partial charge in [-0.05, 0) is 23.8 Å². The number of carbonyl (C=O) groups is 2. The van der Waals surface area contributed by atoms with E-state index < -0.39 is 23.7 Å². The van der Waals surface area contributed by atoms with Gasteiger partial charge in [-0.15, -0.1) is 0 Å². The van der Waals surface area contributed by atoms with Crippen molar-refractivity contribution in [1.82, 2.24) is 10.3 Å². The summed E-state index contributed by atoms with van der Waals surface area (Å²) in [6.07, 6.45) is 2.93. The van der Waals surface area contributed by atoms with Crippen LogP contribution in [0, 0.1) is 5.82 Å². The summed E-state index contributed by atoms with van der Waals surface area (Å²) in [5, 5.41) is 2.50. The lowest BCUT2D eigenvalue weighted by Crippen LogP contribution is -2.46. The second-order valence-electron chi connectivity index (χ2n) is 4.46. The number of pyridine rings is 1. The molecule has 2 aromatic rings. The van der Waals surface area contributed by atoms with Crippen LogP contribution in [0.1, 0.15) is 15.9 Å². The second-order valence-corrected chi connectivity index (χ2v) is 4.46. The quantitative estimate of drug-likeness (QED) is 0.862. The van der Waals surface area contributed by atoms with Gasteiger partial charge >= 0.3 is 0 Å². The van der Waals surface area contributed by atoms with Gasteiger partial charge in [0.1, 0.15) is 11.9 Å². The van der Waals surface area contributed by atoms with Gasteiger partial charge in [0.25, 0.3) is 5.91 Å². The molecule has 1 aromatic heterocycles. The Bertz CT molecular complexity index is 646. The summed E-state index contributed by atoms with van der Waals surface area (Å²) >= 11 is 0. The zero-order valence-electron chi connectivity index (χ0n) is 11.1. The molecule has 2 amide bonds. The molecule has 1 aromatic carbocycles. The molecule has 0 saturated carbocycles. The smallest absolute Gasteiger partial charge is 0.252 e. The summed E-state index contributed by atoms with van der Waals surface area (Å²) in [7, 11) is 0. The molecule has 0 unspecified atom stereocenters. The van der Waals surface area contributed by atoms with E-state index in [-0.39, 0.29) is 6.42 Å². The fourth-order valence-corrected chi connectivity index (χ4v) is 1.85. The molecule has 0 aliphatic carbocycles. The van der Waals surface area contributed by atoms with Crippen LogP contribution in [-0.2, 0) is 11.2 Å². The highest BCUT2D eigenvalue weighted by Gasteiger charge is 2.20. The van der Waals surface area contributed by atoms with Crippen molar-refractivity contribution in [2.24, 2.45) is 5.73 Å². The first-order valence-electron chi connectivity index (χ1n) is 6.31. The molecule has 0 spiro atoms. The predicted molar refractivity (Wildman–Crippen MR) is 74.8 cm³/mol. The number of hydrogen-bond acceptors (Lipinski definition) is 3. The molecular formula is C15H14FN3O2. The van der Waals surface area contributed by atoms with E-state index in [4.69, 9.17) is 5.73 Å². The number of carbonyl (C=O) groups excluding carboxylic acids is 2. The van der Waals surface area contributed by atoms with Crippen LogP contribution in [0.5, 0.6) is 0 Å². The molecule has 0 radical (unpaired) electrons. The Morgan fingerprint density at radius 1 is 1.19 bits per heavy atom. The lowest BCUT2D eigenvalue weighted by Gasteiger charge is -2.16. The Hall–Kier alpha value is -2.76. The standard InChI is InChI=1S/C15H14FN3O2/c16-12-4-2-1-3-11(12)9-13(14(17)20)19-15(21)10-5-7-18-8-6-10/h1-8,13H,9H2,(H2,17,20)(H,19,21)/t13-/m0/s1. The number of halogens is 1. The van der Waals surface area contributed by atoms with Crippen LogP contribution in [0.4, 0.5) is 4.39 Å². The number of hydrogen-bond donors (Lipinski definition) is 2. The van der Waals surface area contributed by atoms with Crippen molar-refractivity contribution in [3.63, 3.8) is 0 Å². The van der Waals surface area contributed by atoms with Gasteiger partial charge in [0.15, 0.2) is 0 Å². The number of nitrogens with zero attached hydrogens (tertiary/aromatic N) is 1. The van der Waals surface area contributed by atoms with Gasteiger partial charge in [-0.3, -0.25) is 14.6 Å². The van der Waals surface area contributed by atoms with Crippen LogP contribution in [0.15, 0.2) is 48.8 Å². The molecule has 2 rings (SSSR count). The van der Waals surface area contributed by atoms with Gasteiger partial charge in [0.05, 0.1) is 0 Å². The molecule has 0 fully saturated rings. The van der Waals surface area contributed by atoms with E-state index in [9.17, 15) is 14.0 Å². The lowest BCUT2D eigenvalue weighted by atomic mass is 10.0. The minimum absolute atomic E-state index is 0.00116. The molecule has 6 heteroatoms. The summed E-state index contributed by atoms with van der Waals surface area (Å²) in [5.41, 5.74) is 5.94. The van der Waals surface area contributed by atoms with Gasteiger partial charge in [-0.2, -0.15) is 0 Å². The lowest BCUT2D eigenvalue weighted by molar-refractivity contribution is -0.119. The number of aromatic nitrogens is 1. The summed E-state index contributed by atoms with van der Waals surface area (Å²) in [6, 6.07) is 8.08. The van der Waals surface area contributed by atoms with Gasteiger partial charge < -0.3 is 11.1 Å². The van der Waals surface area contributed by atoms with Gasteiger partial charge in [-0.25, -0.2) is 4.39 Å². The van der Waals surface area contributed by atoms with Crippen LogP contribution < -0.4 is 11.1 Å². The van der Waals surface area contributed by atoms with E-state index in [1.54, 1.807) is 18.2 Å². The van der Waals surface area contributed by atoms with E-state index in [0.717, 1.165) is 0 Å². The van der Waals surface area contributed by atoms with Gasteiger partial charge in [-0.1, -0.05) is 18.2 Å². The first kappa shape index (κ1) is 14.6. The van der Waals surface area contributed by atoms with Crippen molar-refractivity contribution in [2.75, 3.05) is 0 Å². The highest BCUT2D eigenvalue weighted by atomic mass is 19.1. The average molecular weight is 287 g/mol. The van der Waals surface area contributed by atoms with Crippen LogP contribution in [0.2, 0.25) is 0 Å². The van der Waals surface area contributed by atoms with Crippen molar-refractivity contribution in [3.05, 3.63) is 65.7 Å². The summed E-state index contributed by atoms with van der Waals surface area (Å²) in [4.78, 5) is 27.2. The maximum absolute atomic E-state index is 13.6. The van der Waals surface area contributed by atoms with Gasteiger partial charge in [0.2, 0.25) is 5.91 Å². The molecule has 0 saturated heterocycles. The zero-order valence-corrected chi connectivity index (χ0v) is 11.1. The van der Waals surface area contributed by atoms with E-state index >= 15 is 0 Å².